The van der Waals surface area contributed by atoms with Gasteiger partial charge in [-0.1, -0.05) is 0 Å². The molecule has 2 aromatic heterocycles. The second kappa shape index (κ2) is 3.62. The lowest BCUT2D eigenvalue weighted by molar-refractivity contribution is 0.716. The summed E-state index contributed by atoms with van der Waals surface area (Å²) < 4.78 is 3.27. The molecule has 16 heavy (non-hydrogen) atoms. The number of aromatic nitrogens is 4. The van der Waals surface area contributed by atoms with Crippen molar-refractivity contribution in [1.82, 2.24) is 19.1 Å². The second-order valence-electron chi connectivity index (χ2n) is 3.58. The molecule has 1 N–H and O–H groups in total. The zero-order chi connectivity index (χ0) is 11.9. The van der Waals surface area contributed by atoms with Crippen LogP contribution in [0.5, 0.6) is 0 Å². The molecule has 0 spiro atoms. The molecule has 0 unspecified atom stereocenters. The molecule has 0 aliphatic carbocycles. The molecule has 0 aliphatic rings. The highest BCUT2D eigenvalue weighted by Gasteiger charge is 2.14. The quantitative estimate of drug-likeness (QED) is 0.790. The fourth-order valence-corrected chi connectivity index (χ4v) is 1.96. The van der Waals surface area contributed by atoms with E-state index in [0.717, 1.165) is 5.82 Å². The number of aromatic amines is 1. The first kappa shape index (κ1) is 10.7. The van der Waals surface area contributed by atoms with Crippen LogP contribution in [0.3, 0.4) is 0 Å². The van der Waals surface area contributed by atoms with Crippen LogP contribution in [0.25, 0.3) is 11.2 Å². The van der Waals surface area contributed by atoms with Crippen molar-refractivity contribution in [2.75, 3.05) is 0 Å². The zero-order valence-corrected chi connectivity index (χ0v) is 9.57. The number of nitrogens with zero attached hydrogens (tertiary/aromatic N) is 3. The van der Waals surface area contributed by atoms with Crippen molar-refractivity contribution in [3.63, 3.8) is 0 Å². The first-order valence-electron chi connectivity index (χ1n) is 5.30. The van der Waals surface area contributed by atoms with E-state index < -0.39 is 5.69 Å². The Morgan fingerprint density at radius 2 is 1.81 bits per heavy atom. The molecule has 0 saturated carbocycles. The summed E-state index contributed by atoms with van der Waals surface area (Å²) in [5.41, 5.74) is 0.171. The first-order chi connectivity index (χ1) is 7.60. The minimum atomic E-state index is -0.402. The highest BCUT2D eigenvalue weighted by Crippen LogP contribution is 2.09. The maximum atomic E-state index is 11.7. The molecule has 86 valence electrons. The van der Waals surface area contributed by atoms with E-state index in [1.165, 1.54) is 4.57 Å². The Balaban J connectivity index is 3.05. The predicted molar refractivity (Wildman–Crippen MR) is 60.7 cm³/mol. The zero-order valence-electron chi connectivity index (χ0n) is 9.57. The van der Waals surface area contributed by atoms with Gasteiger partial charge >= 0.3 is 5.69 Å². The van der Waals surface area contributed by atoms with Crippen LogP contribution in [0, 0.1) is 6.92 Å². The summed E-state index contributed by atoms with van der Waals surface area (Å²) in [5.74, 6) is 0.746. The summed E-state index contributed by atoms with van der Waals surface area (Å²) in [6.45, 7) is 6.77. The van der Waals surface area contributed by atoms with Crippen LogP contribution in [0.4, 0.5) is 0 Å². The highest BCUT2D eigenvalue weighted by molar-refractivity contribution is 5.70. The number of imidazole rings is 1. The molecular formula is C10H14N4O2. The Labute approximate surface area is 91.5 Å². The van der Waals surface area contributed by atoms with Gasteiger partial charge in [-0.3, -0.25) is 14.3 Å². The second-order valence-corrected chi connectivity index (χ2v) is 3.58. The Kier molecular flexibility index (Phi) is 2.41. The molecule has 2 heterocycles. The molecule has 0 fully saturated rings. The fraction of sp³-hybridized carbons (Fsp3) is 0.500. The van der Waals surface area contributed by atoms with Gasteiger partial charge in [0.05, 0.1) is 0 Å². The summed E-state index contributed by atoms with van der Waals surface area (Å²) in [6, 6.07) is 0. The van der Waals surface area contributed by atoms with Crippen LogP contribution in [0.2, 0.25) is 0 Å². The standard InChI is InChI=1S/C10H14N4O2/c1-4-13-6(3)11-8-7(13)9(15)12-10(16)14(8)5-2/h4-5H2,1-3H3,(H,12,15,16). The van der Waals surface area contributed by atoms with Crippen molar-refractivity contribution in [2.24, 2.45) is 0 Å². The normalized spacial score (nSPS) is 11.2. The van der Waals surface area contributed by atoms with Gasteiger partial charge in [-0.15, -0.1) is 0 Å². The van der Waals surface area contributed by atoms with E-state index in [1.807, 2.05) is 20.8 Å². The first-order valence-corrected chi connectivity index (χ1v) is 5.30. The van der Waals surface area contributed by atoms with Gasteiger partial charge in [0.1, 0.15) is 5.82 Å². The number of rotatable bonds is 2. The van der Waals surface area contributed by atoms with E-state index in [-0.39, 0.29) is 5.56 Å². The Hall–Kier alpha value is -1.85. The van der Waals surface area contributed by atoms with Gasteiger partial charge in [0.25, 0.3) is 5.56 Å². The lowest BCUT2D eigenvalue weighted by atomic mass is 10.5. The van der Waals surface area contributed by atoms with E-state index >= 15 is 0 Å². The van der Waals surface area contributed by atoms with Gasteiger partial charge in [-0.25, -0.2) is 9.78 Å². The predicted octanol–water partition coefficient (Wildman–Crippen LogP) is 0.235. The van der Waals surface area contributed by atoms with Crippen molar-refractivity contribution >= 4 is 11.2 Å². The van der Waals surface area contributed by atoms with E-state index in [9.17, 15) is 9.59 Å². The van der Waals surface area contributed by atoms with Gasteiger partial charge in [-0.2, -0.15) is 0 Å². The van der Waals surface area contributed by atoms with Crippen molar-refractivity contribution < 1.29 is 0 Å². The fourth-order valence-electron chi connectivity index (χ4n) is 1.96. The number of hydrogen-bond donors (Lipinski definition) is 1. The van der Waals surface area contributed by atoms with E-state index in [2.05, 4.69) is 9.97 Å². The van der Waals surface area contributed by atoms with E-state index in [1.54, 1.807) is 4.57 Å². The van der Waals surface area contributed by atoms with Crippen LogP contribution in [0.15, 0.2) is 9.59 Å². The minimum absolute atomic E-state index is 0.368. The third-order valence-electron chi connectivity index (χ3n) is 2.71. The van der Waals surface area contributed by atoms with Crippen molar-refractivity contribution in [3.05, 3.63) is 26.7 Å². The monoisotopic (exact) mass is 222 g/mol. The summed E-state index contributed by atoms with van der Waals surface area (Å²) >= 11 is 0. The van der Waals surface area contributed by atoms with Gasteiger partial charge in [0.15, 0.2) is 11.2 Å². The van der Waals surface area contributed by atoms with Gasteiger partial charge < -0.3 is 4.57 Å². The average Bonchev–Trinajstić information content (AvgIpc) is 2.55. The number of aryl methyl sites for hydroxylation is 3. The van der Waals surface area contributed by atoms with Gasteiger partial charge in [-0.05, 0) is 20.8 Å². The molecule has 0 atom stereocenters. The maximum Gasteiger partial charge on any atom is 0.330 e. The summed E-state index contributed by atoms with van der Waals surface area (Å²) in [4.78, 5) is 29.9. The highest BCUT2D eigenvalue weighted by atomic mass is 16.2. The van der Waals surface area contributed by atoms with Gasteiger partial charge in [0.2, 0.25) is 0 Å². The Bertz CT molecular complexity index is 647. The molecule has 2 rings (SSSR count). The number of fused-ring (bicyclic) bond motifs is 1. The lowest BCUT2D eigenvalue weighted by Gasteiger charge is -2.03. The SMILES string of the molecule is CCn1c(C)nc2c1c(=O)[nH]c(=O)n2CC. The van der Waals surface area contributed by atoms with Crippen LogP contribution in [-0.2, 0) is 13.1 Å². The molecule has 0 aliphatic heterocycles. The molecule has 0 amide bonds. The van der Waals surface area contributed by atoms with Crippen molar-refractivity contribution in [2.45, 2.75) is 33.9 Å². The largest absolute Gasteiger partial charge is 0.330 e. The topological polar surface area (TPSA) is 72.7 Å². The molecule has 6 nitrogen and oxygen atoms in total. The lowest BCUT2D eigenvalue weighted by Crippen LogP contribution is -2.30. The van der Waals surface area contributed by atoms with Crippen molar-refractivity contribution in [1.29, 1.82) is 0 Å². The molecule has 0 radical (unpaired) electrons. The average molecular weight is 222 g/mol. The smallest absolute Gasteiger partial charge is 0.323 e. The molecular weight excluding hydrogens is 208 g/mol. The molecule has 0 aromatic carbocycles. The molecule has 0 saturated heterocycles. The maximum absolute atomic E-state index is 11.7. The molecule has 6 heteroatoms. The third kappa shape index (κ3) is 1.30. The van der Waals surface area contributed by atoms with Gasteiger partial charge in [0, 0.05) is 13.1 Å². The Morgan fingerprint density at radius 3 is 2.38 bits per heavy atom. The van der Waals surface area contributed by atoms with Crippen LogP contribution >= 0.6 is 0 Å². The van der Waals surface area contributed by atoms with Crippen LogP contribution in [0.1, 0.15) is 19.7 Å². The molecule has 2 aromatic rings. The summed E-state index contributed by atoms with van der Waals surface area (Å²) in [6.07, 6.45) is 0. The summed E-state index contributed by atoms with van der Waals surface area (Å²) in [5, 5.41) is 0. The van der Waals surface area contributed by atoms with E-state index in [0.29, 0.717) is 24.3 Å². The van der Waals surface area contributed by atoms with Crippen molar-refractivity contribution in [3.8, 4) is 0 Å². The molecule has 0 bridgehead atoms. The van der Waals surface area contributed by atoms with Crippen LogP contribution in [-0.4, -0.2) is 19.1 Å². The minimum Gasteiger partial charge on any atom is -0.323 e. The Morgan fingerprint density at radius 1 is 1.19 bits per heavy atom. The van der Waals surface area contributed by atoms with E-state index in [4.69, 9.17) is 0 Å². The summed E-state index contributed by atoms with van der Waals surface area (Å²) in [7, 11) is 0. The number of hydrogen-bond acceptors (Lipinski definition) is 3. The van der Waals surface area contributed by atoms with Crippen LogP contribution < -0.4 is 11.2 Å². The number of H-pyrrole nitrogens is 1. The third-order valence-corrected chi connectivity index (χ3v) is 2.71. The number of nitrogens with one attached hydrogen (secondary N) is 1.